The standard InChI is InChI=1S/C12H15N3S/c1-9(2)7-13-11-5-3-10(4-6-11)12-8-16-15-14-12/h3-6,8-9,13H,7H2,1-2H3. The molecule has 1 aromatic heterocycles. The first-order chi connectivity index (χ1) is 7.75. The Balaban J connectivity index is 2.05. The smallest absolute Gasteiger partial charge is 0.105 e. The number of hydrogen-bond donors (Lipinski definition) is 1. The predicted molar refractivity (Wildman–Crippen MR) is 68.7 cm³/mol. The fourth-order valence-electron chi connectivity index (χ4n) is 1.37. The largest absolute Gasteiger partial charge is 0.385 e. The zero-order valence-electron chi connectivity index (χ0n) is 9.47. The molecule has 1 N–H and O–H groups in total. The second-order valence-electron chi connectivity index (χ2n) is 4.14. The average Bonchev–Trinajstić information content (AvgIpc) is 2.80. The van der Waals surface area contributed by atoms with Crippen LogP contribution < -0.4 is 5.32 Å². The lowest BCUT2D eigenvalue weighted by atomic mass is 10.1. The second kappa shape index (κ2) is 5.07. The molecule has 0 aliphatic carbocycles. The van der Waals surface area contributed by atoms with Crippen molar-refractivity contribution in [1.82, 2.24) is 9.59 Å². The van der Waals surface area contributed by atoms with Gasteiger partial charge >= 0.3 is 0 Å². The lowest BCUT2D eigenvalue weighted by Crippen LogP contribution is -2.07. The van der Waals surface area contributed by atoms with E-state index in [1.54, 1.807) is 0 Å². The molecule has 16 heavy (non-hydrogen) atoms. The maximum atomic E-state index is 4.04. The van der Waals surface area contributed by atoms with Gasteiger partial charge in [0.1, 0.15) is 5.69 Å². The highest BCUT2D eigenvalue weighted by Crippen LogP contribution is 2.20. The Kier molecular flexibility index (Phi) is 3.51. The molecule has 0 spiro atoms. The molecule has 3 nitrogen and oxygen atoms in total. The van der Waals surface area contributed by atoms with Crippen LogP contribution in [0.4, 0.5) is 5.69 Å². The van der Waals surface area contributed by atoms with Crippen LogP contribution in [0.2, 0.25) is 0 Å². The van der Waals surface area contributed by atoms with Crippen molar-refractivity contribution in [3.05, 3.63) is 29.6 Å². The summed E-state index contributed by atoms with van der Waals surface area (Å²) in [4.78, 5) is 0. The van der Waals surface area contributed by atoms with Gasteiger partial charge < -0.3 is 5.32 Å². The highest BCUT2D eigenvalue weighted by atomic mass is 32.1. The Morgan fingerprint density at radius 1 is 1.25 bits per heavy atom. The quantitative estimate of drug-likeness (QED) is 0.880. The highest BCUT2D eigenvalue weighted by Gasteiger charge is 2.00. The van der Waals surface area contributed by atoms with Crippen LogP contribution in [-0.4, -0.2) is 16.1 Å². The molecule has 0 unspecified atom stereocenters. The molecule has 1 aromatic carbocycles. The number of aromatic nitrogens is 2. The first-order valence-electron chi connectivity index (χ1n) is 5.37. The van der Waals surface area contributed by atoms with E-state index in [-0.39, 0.29) is 0 Å². The van der Waals surface area contributed by atoms with E-state index in [4.69, 9.17) is 0 Å². The summed E-state index contributed by atoms with van der Waals surface area (Å²) in [6.07, 6.45) is 0. The molecule has 84 valence electrons. The minimum atomic E-state index is 0.655. The maximum Gasteiger partial charge on any atom is 0.105 e. The monoisotopic (exact) mass is 233 g/mol. The molecule has 4 heteroatoms. The molecular weight excluding hydrogens is 218 g/mol. The van der Waals surface area contributed by atoms with Crippen LogP contribution in [0.3, 0.4) is 0 Å². The highest BCUT2D eigenvalue weighted by molar-refractivity contribution is 7.03. The Morgan fingerprint density at radius 2 is 2.00 bits per heavy atom. The molecule has 0 aliphatic rings. The van der Waals surface area contributed by atoms with Gasteiger partial charge in [-0.1, -0.05) is 30.5 Å². The van der Waals surface area contributed by atoms with Crippen molar-refractivity contribution in [2.75, 3.05) is 11.9 Å². The molecule has 2 rings (SSSR count). The Labute approximate surface area is 99.7 Å². The van der Waals surface area contributed by atoms with E-state index >= 15 is 0 Å². The first-order valence-corrected chi connectivity index (χ1v) is 6.20. The number of nitrogens with one attached hydrogen (secondary N) is 1. The molecule has 0 bridgehead atoms. The van der Waals surface area contributed by atoms with E-state index in [9.17, 15) is 0 Å². The molecule has 0 saturated heterocycles. The van der Waals surface area contributed by atoms with E-state index in [1.165, 1.54) is 11.5 Å². The Bertz CT molecular complexity index is 420. The lowest BCUT2D eigenvalue weighted by Gasteiger charge is -2.08. The van der Waals surface area contributed by atoms with E-state index in [0.29, 0.717) is 5.92 Å². The molecule has 0 aliphatic heterocycles. The van der Waals surface area contributed by atoms with Gasteiger partial charge in [0.05, 0.1) is 0 Å². The van der Waals surface area contributed by atoms with Crippen LogP contribution in [0.1, 0.15) is 13.8 Å². The van der Waals surface area contributed by atoms with E-state index in [2.05, 4.69) is 53.0 Å². The molecule has 0 saturated carbocycles. The minimum Gasteiger partial charge on any atom is -0.385 e. The first kappa shape index (κ1) is 11.1. The average molecular weight is 233 g/mol. The number of benzene rings is 1. The normalized spacial score (nSPS) is 10.7. The summed E-state index contributed by atoms with van der Waals surface area (Å²) < 4.78 is 3.86. The zero-order valence-corrected chi connectivity index (χ0v) is 10.3. The molecule has 0 fully saturated rings. The number of hydrogen-bond acceptors (Lipinski definition) is 4. The Morgan fingerprint density at radius 3 is 2.56 bits per heavy atom. The molecule has 1 heterocycles. The third kappa shape index (κ3) is 2.79. The van der Waals surface area contributed by atoms with Crippen LogP contribution in [0.25, 0.3) is 11.3 Å². The summed E-state index contributed by atoms with van der Waals surface area (Å²) in [6.45, 7) is 5.39. The minimum absolute atomic E-state index is 0.655. The molecular formula is C12H15N3S. The summed E-state index contributed by atoms with van der Waals surface area (Å²) in [5.41, 5.74) is 3.21. The van der Waals surface area contributed by atoms with Crippen LogP contribution in [0.5, 0.6) is 0 Å². The summed E-state index contributed by atoms with van der Waals surface area (Å²) in [7, 11) is 0. The van der Waals surface area contributed by atoms with E-state index < -0.39 is 0 Å². The van der Waals surface area contributed by atoms with Gasteiger partial charge in [-0.15, -0.1) is 5.10 Å². The third-order valence-electron chi connectivity index (χ3n) is 2.26. The van der Waals surface area contributed by atoms with Crippen LogP contribution >= 0.6 is 11.5 Å². The Hall–Kier alpha value is -1.42. The summed E-state index contributed by atoms with van der Waals surface area (Å²) in [5, 5.41) is 9.38. The van der Waals surface area contributed by atoms with Gasteiger partial charge in [0.25, 0.3) is 0 Å². The predicted octanol–water partition coefficient (Wildman–Crippen LogP) is 3.27. The van der Waals surface area contributed by atoms with Crippen LogP contribution in [-0.2, 0) is 0 Å². The molecule has 0 atom stereocenters. The summed E-state index contributed by atoms with van der Waals surface area (Å²) in [6, 6.07) is 8.30. The fourth-order valence-corrected chi connectivity index (χ4v) is 1.84. The van der Waals surface area contributed by atoms with Gasteiger partial charge in [0.15, 0.2) is 0 Å². The van der Waals surface area contributed by atoms with Gasteiger partial charge in [-0.2, -0.15) is 0 Å². The van der Waals surface area contributed by atoms with Crippen molar-refractivity contribution in [3.8, 4) is 11.3 Å². The second-order valence-corrected chi connectivity index (χ2v) is 4.75. The van der Waals surface area contributed by atoms with Crippen molar-refractivity contribution in [3.63, 3.8) is 0 Å². The van der Waals surface area contributed by atoms with Crippen molar-refractivity contribution in [2.45, 2.75) is 13.8 Å². The van der Waals surface area contributed by atoms with E-state index in [0.717, 1.165) is 23.5 Å². The third-order valence-corrected chi connectivity index (χ3v) is 2.76. The molecule has 2 aromatic rings. The SMILES string of the molecule is CC(C)CNc1ccc(-c2csnn2)cc1. The van der Waals surface area contributed by atoms with Crippen molar-refractivity contribution >= 4 is 17.2 Å². The fraction of sp³-hybridized carbons (Fsp3) is 0.333. The van der Waals surface area contributed by atoms with Crippen molar-refractivity contribution in [2.24, 2.45) is 5.92 Å². The van der Waals surface area contributed by atoms with Gasteiger partial charge in [-0.05, 0) is 29.6 Å². The molecule has 0 amide bonds. The van der Waals surface area contributed by atoms with Gasteiger partial charge in [0, 0.05) is 23.2 Å². The van der Waals surface area contributed by atoms with Crippen LogP contribution in [0.15, 0.2) is 29.6 Å². The number of anilines is 1. The van der Waals surface area contributed by atoms with E-state index in [1.807, 2.05) is 5.38 Å². The van der Waals surface area contributed by atoms with Gasteiger partial charge in [-0.25, -0.2) is 0 Å². The van der Waals surface area contributed by atoms with Crippen molar-refractivity contribution in [1.29, 1.82) is 0 Å². The van der Waals surface area contributed by atoms with Crippen molar-refractivity contribution < 1.29 is 0 Å². The number of nitrogens with zero attached hydrogens (tertiary/aromatic N) is 2. The maximum absolute atomic E-state index is 4.04. The summed E-state index contributed by atoms with van der Waals surface area (Å²) >= 11 is 1.38. The summed E-state index contributed by atoms with van der Waals surface area (Å²) in [5.74, 6) is 0.655. The lowest BCUT2D eigenvalue weighted by molar-refractivity contribution is 0.689. The number of rotatable bonds is 4. The van der Waals surface area contributed by atoms with Gasteiger partial charge in [0.2, 0.25) is 0 Å². The van der Waals surface area contributed by atoms with Crippen LogP contribution in [0, 0.1) is 5.92 Å². The van der Waals surface area contributed by atoms with Gasteiger partial charge in [-0.3, -0.25) is 0 Å². The molecule has 0 radical (unpaired) electrons. The zero-order chi connectivity index (χ0) is 11.4. The topological polar surface area (TPSA) is 37.8 Å².